The molecule has 2 aromatic heterocycles. The first-order valence-corrected chi connectivity index (χ1v) is 14.4. The van der Waals surface area contributed by atoms with E-state index >= 15 is 0 Å². The predicted molar refractivity (Wildman–Crippen MR) is 184 cm³/mol. The molecule has 2 heteroatoms. The number of furan rings is 2. The summed E-state index contributed by atoms with van der Waals surface area (Å²) >= 11 is 0. The van der Waals surface area contributed by atoms with Crippen molar-refractivity contribution < 1.29 is 19.8 Å². The number of para-hydroxylation sites is 2. The van der Waals surface area contributed by atoms with Gasteiger partial charge in [0, 0.05) is 32.7 Å². The molecule has 204 valence electrons. The normalized spacial score (nSPS) is 14.6. The van der Waals surface area contributed by atoms with Gasteiger partial charge in [0.05, 0.1) is 11.0 Å². The molecule has 0 saturated carbocycles. The molecule has 2 nitrogen and oxygen atoms in total. The maximum Gasteiger partial charge on any atom is 0.143 e. The lowest BCUT2D eigenvalue weighted by atomic mass is 9.85. The molecular weight excluding hydrogens is 536 g/mol. The van der Waals surface area contributed by atoms with Crippen molar-refractivity contribution in [1.82, 2.24) is 0 Å². The van der Waals surface area contributed by atoms with Crippen LogP contribution >= 0.6 is 0 Å². The molecule has 0 radical (unpaired) electrons. The van der Waals surface area contributed by atoms with Crippen molar-refractivity contribution in [2.75, 3.05) is 0 Å². The number of benzene rings is 8. The Morgan fingerprint density at radius 1 is 0.409 bits per heavy atom. The monoisotopic (exact) mass is 568 g/mol. The molecule has 0 atom stereocenters. The van der Waals surface area contributed by atoms with Crippen LogP contribution in [-0.4, -0.2) is 0 Å². The lowest BCUT2D eigenvalue weighted by molar-refractivity contribution is 0.669. The van der Waals surface area contributed by atoms with E-state index < -0.39 is 24.2 Å². The third kappa shape index (κ3) is 3.25. The fourth-order valence-electron chi connectivity index (χ4n) is 6.74. The van der Waals surface area contributed by atoms with Gasteiger partial charge < -0.3 is 8.83 Å². The molecule has 0 amide bonds. The first-order chi connectivity index (χ1) is 25.1. The smallest absolute Gasteiger partial charge is 0.143 e. The molecule has 8 aromatic carbocycles. The van der Waals surface area contributed by atoms with Crippen molar-refractivity contribution in [3.63, 3.8) is 0 Å². The van der Waals surface area contributed by atoms with Gasteiger partial charge in [-0.3, -0.25) is 0 Å². The van der Waals surface area contributed by atoms with Crippen LogP contribution in [0.1, 0.15) is 11.0 Å². The fraction of sp³-hybridized carbons (Fsp3) is 0. The maximum absolute atomic E-state index is 9.33. The largest absolute Gasteiger partial charge is 0.456 e. The number of hydrogen-bond donors (Lipinski definition) is 0. The molecular formula is C42H24O2. The average molecular weight is 569 g/mol. The summed E-state index contributed by atoms with van der Waals surface area (Å²) in [5, 5.41) is 5.96. The van der Waals surface area contributed by atoms with E-state index in [-0.39, 0.29) is 56.8 Å². The predicted octanol–water partition coefficient (Wildman–Crippen LogP) is 12.3. The van der Waals surface area contributed by atoms with E-state index in [2.05, 4.69) is 6.07 Å². The SMILES string of the molecule is [2H]c1c([2H])c([2H])c2c(-c3cccc4c3oc3ccccc34)c3c([2H])c([2H])c([2H])c([2H])c3c(-c3ccc4c(c3)oc3cc5ccccc5cc34)c2c1[2H]. The van der Waals surface area contributed by atoms with Crippen molar-refractivity contribution in [2.45, 2.75) is 0 Å². The summed E-state index contributed by atoms with van der Waals surface area (Å²) in [4.78, 5) is 0. The molecule has 0 fully saturated rings. The molecule has 0 aliphatic heterocycles. The van der Waals surface area contributed by atoms with E-state index in [9.17, 15) is 5.48 Å². The Balaban J connectivity index is 1.42. The van der Waals surface area contributed by atoms with Crippen LogP contribution in [0.2, 0.25) is 0 Å². The van der Waals surface area contributed by atoms with Crippen molar-refractivity contribution in [2.24, 2.45) is 0 Å². The minimum Gasteiger partial charge on any atom is -0.456 e. The van der Waals surface area contributed by atoms with Gasteiger partial charge in [0.2, 0.25) is 0 Å². The van der Waals surface area contributed by atoms with Gasteiger partial charge in [-0.1, -0.05) is 115 Å². The van der Waals surface area contributed by atoms with Crippen LogP contribution in [0.15, 0.2) is 154 Å². The average Bonchev–Trinajstić information content (AvgIpc) is 3.73. The Bertz CT molecular complexity index is 3150. The van der Waals surface area contributed by atoms with Crippen LogP contribution < -0.4 is 0 Å². The van der Waals surface area contributed by atoms with Crippen molar-refractivity contribution in [3.05, 3.63) is 145 Å². The molecule has 0 aliphatic carbocycles. The molecule has 0 spiro atoms. The quantitative estimate of drug-likeness (QED) is 0.194. The minimum absolute atomic E-state index is 0.127. The third-order valence-corrected chi connectivity index (χ3v) is 8.68. The Kier molecular flexibility index (Phi) is 3.47. The second-order valence-electron chi connectivity index (χ2n) is 11.0. The van der Waals surface area contributed by atoms with Gasteiger partial charge in [-0.15, -0.1) is 0 Å². The van der Waals surface area contributed by atoms with Crippen molar-refractivity contribution >= 4 is 76.2 Å². The van der Waals surface area contributed by atoms with Gasteiger partial charge in [-0.25, -0.2) is 0 Å². The van der Waals surface area contributed by atoms with Crippen LogP contribution in [0, 0.1) is 0 Å². The van der Waals surface area contributed by atoms with Gasteiger partial charge >= 0.3 is 0 Å². The summed E-state index contributed by atoms with van der Waals surface area (Å²) in [5.41, 5.74) is 3.70. The van der Waals surface area contributed by atoms with Gasteiger partial charge in [-0.2, -0.15) is 0 Å². The molecule has 10 aromatic rings. The molecule has 0 bridgehead atoms. The van der Waals surface area contributed by atoms with Crippen molar-refractivity contribution in [1.29, 1.82) is 0 Å². The van der Waals surface area contributed by atoms with E-state index in [1.807, 2.05) is 78.9 Å². The van der Waals surface area contributed by atoms with E-state index in [1.54, 1.807) is 12.1 Å². The third-order valence-electron chi connectivity index (χ3n) is 8.68. The van der Waals surface area contributed by atoms with Crippen LogP contribution in [0.5, 0.6) is 0 Å². The summed E-state index contributed by atoms with van der Waals surface area (Å²) in [6.07, 6.45) is 0. The highest BCUT2D eigenvalue weighted by Crippen LogP contribution is 2.47. The molecule has 10 rings (SSSR count). The number of hydrogen-bond acceptors (Lipinski definition) is 2. The van der Waals surface area contributed by atoms with E-state index in [1.165, 1.54) is 0 Å². The summed E-state index contributed by atoms with van der Waals surface area (Å²) in [6.45, 7) is 0. The molecule has 2 heterocycles. The van der Waals surface area contributed by atoms with E-state index in [0.29, 0.717) is 33.5 Å². The van der Waals surface area contributed by atoms with Gasteiger partial charge in [0.1, 0.15) is 22.3 Å². The van der Waals surface area contributed by atoms with E-state index in [0.717, 1.165) is 32.3 Å². The second-order valence-corrected chi connectivity index (χ2v) is 11.0. The van der Waals surface area contributed by atoms with Crippen LogP contribution in [0.3, 0.4) is 0 Å². The Labute approximate surface area is 263 Å². The van der Waals surface area contributed by atoms with Crippen LogP contribution in [0.25, 0.3) is 98.4 Å². The molecule has 0 saturated heterocycles. The van der Waals surface area contributed by atoms with Gasteiger partial charge in [-0.05, 0) is 73.8 Å². The lowest BCUT2D eigenvalue weighted by Crippen LogP contribution is -1.91. The number of rotatable bonds is 2. The minimum atomic E-state index is -0.457. The van der Waals surface area contributed by atoms with Gasteiger partial charge in [0.15, 0.2) is 0 Å². The first kappa shape index (κ1) is 17.3. The fourth-order valence-corrected chi connectivity index (χ4v) is 6.74. The highest BCUT2D eigenvalue weighted by atomic mass is 16.3. The highest BCUT2D eigenvalue weighted by molar-refractivity contribution is 6.24. The summed E-state index contributed by atoms with van der Waals surface area (Å²) in [7, 11) is 0. The zero-order valence-corrected chi connectivity index (χ0v) is 23.1. The molecule has 0 unspecified atom stereocenters. The zero-order chi connectivity index (χ0) is 35.7. The molecule has 0 N–H and O–H groups in total. The lowest BCUT2D eigenvalue weighted by Gasteiger charge is -2.17. The summed E-state index contributed by atoms with van der Waals surface area (Å²) < 4.78 is 85.2. The van der Waals surface area contributed by atoms with E-state index in [4.69, 9.17) is 14.3 Å². The first-order valence-electron chi connectivity index (χ1n) is 18.4. The van der Waals surface area contributed by atoms with Gasteiger partial charge in [0.25, 0.3) is 0 Å². The number of fused-ring (bicyclic) bond motifs is 9. The highest BCUT2D eigenvalue weighted by Gasteiger charge is 2.20. The van der Waals surface area contributed by atoms with Crippen molar-refractivity contribution in [3.8, 4) is 22.3 Å². The summed E-state index contributed by atoms with van der Waals surface area (Å²) in [5.74, 6) is 0. The second kappa shape index (κ2) is 8.82. The summed E-state index contributed by atoms with van der Waals surface area (Å²) in [6, 6.07) is 27.4. The molecule has 0 aliphatic rings. The Morgan fingerprint density at radius 3 is 1.80 bits per heavy atom. The van der Waals surface area contributed by atoms with Crippen LogP contribution in [-0.2, 0) is 0 Å². The molecule has 44 heavy (non-hydrogen) atoms. The maximum atomic E-state index is 9.33. The standard InChI is InChI=1S/C42H24O2/c1-2-11-26-23-39-36(22-25(26)10-1)29-21-20-27(24-38(29)43-39)40-30-13-3-5-15-32(30)41(33-16-6-4-14-31(33)40)35-18-9-17-34-28-12-7-8-19-37(28)44-42(34)35/h1-24H/i3D,4D,5D,6D,13D,14D,15D,16D. The topological polar surface area (TPSA) is 26.3 Å². The Morgan fingerprint density at radius 2 is 1.02 bits per heavy atom. The Hall–Kier alpha value is -5.86. The zero-order valence-electron chi connectivity index (χ0n) is 31.1. The van der Waals surface area contributed by atoms with Crippen LogP contribution in [0.4, 0.5) is 0 Å².